The van der Waals surface area contributed by atoms with Gasteiger partial charge in [-0.2, -0.15) is 4.36 Å². The number of hydrogen-bond donors (Lipinski definition) is 1. The highest BCUT2D eigenvalue weighted by Crippen LogP contribution is 2.47. The molecule has 0 saturated carbocycles. The minimum Gasteiger partial charge on any atom is -0.396 e. The Kier molecular flexibility index (Phi) is 2.30. The highest BCUT2D eigenvalue weighted by molar-refractivity contribution is 7.47. The van der Waals surface area contributed by atoms with Crippen molar-refractivity contribution in [2.75, 3.05) is 5.73 Å². The molecule has 7 nitrogen and oxygen atoms in total. The summed E-state index contributed by atoms with van der Waals surface area (Å²) < 4.78 is 10.7. The lowest BCUT2D eigenvalue weighted by molar-refractivity contribution is 0.316. The molecule has 0 atom stereocenters. The standard InChI is InChI=1S/C12H4N6OS3/c13-5-3-4(12-9(7(5)18-20)14-1-22-12)6-8(17-19-16-6)10-11(3)21-2-15-10/h1-2H,13H2. The van der Waals surface area contributed by atoms with E-state index in [1.165, 1.54) is 22.7 Å². The SMILES string of the molecule is Nc1c(N=S)c2ncsc2c2c3nonc3c3ncsc3c12. The molecule has 0 saturated heterocycles. The first-order valence-corrected chi connectivity index (χ1v) is 8.22. The topological polar surface area (TPSA) is 103 Å². The zero-order valence-corrected chi connectivity index (χ0v) is 13.1. The zero-order chi connectivity index (χ0) is 14.8. The average Bonchev–Trinajstić information content (AvgIpc) is 3.25. The van der Waals surface area contributed by atoms with Gasteiger partial charge in [0.15, 0.2) is 5.52 Å². The summed E-state index contributed by atoms with van der Waals surface area (Å²) in [4.78, 5) is 8.71. The van der Waals surface area contributed by atoms with Gasteiger partial charge in [-0.25, -0.2) is 14.6 Å². The van der Waals surface area contributed by atoms with Crippen molar-refractivity contribution in [1.82, 2.24) is 20.3 Å². The van der Waals surface area contributed by atoms with Crippen molar-refractivity contribution in [3.8, 4) is 0 Å². The first kappa shape index (κ1) is 12.3. The van der Waals surface area contributed by atoms with E-state index in [4.69, 9.17) is 22.8 Å². The Morgan fingerprint density at radius 3 is 2.41 bits per heavy atom. The molecular weight excluding hydrogens is 340 g/mol. The van der Waals surface area contributed by atoms with Crippen LogP contribution < -0.4 is 5.73 Å². The molecule has 2 N–H and O–H groups in total. The van der Waals surface area contributed by atoms with Crippen LogP contribution in [0, 0.1) is 0 Å². The predicted molar refractivity (Wildman–Crippen MR) is 89.5 cm³/mol. The molecule has 106 valence electrons. The van der Waals surface area contributed by atoms with Crippen LogP contribution in [0.1, 0.15) is 0 Å². The summed E-state index contributed by atoms with van der Waals surface area (Å²) >= 11 is 7.87. The summed E-state index contributed by atoms with van der Waals surface area (Å²) in [6.07, 6.45) is 0. The first-order chi connectivity index (χ1) is 10.8. The molecule has 0 bridgehead atoms. The fraction of sp³-hybridized carbons (Fsp3) is 0. The molecule has 5 rings (SSSR count). The Bertz CT molecular complexity index is 1220. The quantitative estimate of drug-likeness (QED) is 0.464. The summed E-state index contributed by atoms with van der Waals surface area (Å²) in [6, 6.07) is 0. The van der Waals surface area contributed by atoms with Crippen LogP contribution in [0.2, 0.25) is 0 Å². The number of thiazole rings is 2. The lowest BCUT2D eigenvalue weighted by Crippen LogP contribution is -1.91. The van der Waals surface area contributed by atoms with Gasteiger partial charge < -0.3 is 5.73 Å². The average molecular weight is 344 g/mol. The molecule has 10 heteroatoms. The number of hydrogen-bond acceptors (Lipinski definition) is 10. The van der Waals surface area contributed by atoms with Gasteiger partial charge >= 0.3 is 0 Å². The molecule has 3 aromatic heterocycles. The molecule has 5 aromatic rings. The number of aromatic nitrogens is 4. The smallest absolute Gasteiger partial charge is 0.163 e. The van der Waals surface area contributed by atoms with E-state index in [1.807, 2.05) is 0 Å². The number of benzene rings is 2. The van der Waals surface area contributed by atoms with Crippen molar-refractivity contribution in [3.05, 3.63) is 11.0 Å². The summed E-state index contributed by atoms with van der Waals surface area (Å²) in [7, 11) is 0. The van der Waals surface area contributed by atoms with Gasteiger partial charge in [-0.1, -0.05) is 0 Å². The molecule has 22 heavy (non-hydrogen) atoms. The summed E-state index contributed by atoms with van der Waals surface area (Å²) in [5.74, 6) is 0. The number of nitrogens with two attached hydrogens (primary N) is 1. The van der Waals surface area contributed by atoms with Crippen molar-refractivity contribution in [1.29, 1.82) is 0 Å². The maximum atomic E-state index is 6.34. The molecule has 0 aliphatic carbocycles. The van der Waals surface area contributed by atoms with Crippen LogP contribution in [-0.4, -0.2) is 20.3 Å². The number of rotatable bonds is 1. The summed E-state index contributed by atoms with van der Waals surface area (Å²) in [5, 5.41) is 9.74. The van der Waals surface area contributed by atoms with Gasteiger partial charge in [0.1, 0.15) is 22.2 Å². The number of fused-ring (bicyclic) bond motifs is 8. The summed E-state index contributed by atoms with van der Waals surface area (Å²) in [5.41, 5.74) is 13.5. The van der Waals surface area contributed by atoms with E-state index in [2.05, 4.69) is 24.6 Å². The highest BCUT2D eigenvalue weighted by Gasteiger charge is 2.23. The molecule has 0 amide bonds. The second kappa shape index (κ2) is 4.12. The number of nitrogen functional groups attached to an aromatic ring is 1. The van der Waals surface area contributed by atoms with Crippen LogP contribution in [0.4, 0.5) is 11.4 Å². The van der Waals surface area contributed by atoms with Gasteiger partial charge in [-0.15, -0.1) is 22.7 Å². The van der Waals surface area contributed by atoms with E-state index in [9.17, 15) is 0 Å². The maximum Gasteiger partial charge on any atom is 0.163 e. The first-order valence-electron chi connectivity index (χ1n) is 6.10. The van der Waals surface area contributed by atoms with E-state index in [0.29, 0.717) is 27.9 Å². The molecule has 0 aliphatic rings. The number of nitrogens with zero attached hydrogens (tertiary/aromatic N) is 5. The van der Waals surface area contributed by atoms with E-state index in [-0.39, 0.29) is 0 Å². The molecule has 0 aliphatic heterocycles. The van der Waals surface area contributed by atoms with Gasteiger partial charge in [0.05, 0.1) is 26.1 Å². The van der Waals surface area contributed by atoms with Gasteiger partial charge in [0, 0.05) is 23.2 Å². The lowest BCUT2D eigenvalue weighted by Gasteiger charge is -2.07. The van der Waals surface area contributed by atoms with E-state index in [1.54, 1.807) is 11.0 Å². The van der Waals surface area contributed by atoms with Crippen LogP contribution in [0.25, 0.3) is 42.2 Å². The van der Waals surface area contributed by atoms with Crippen LogP contribution in [0.15, 0.2) is 20.0 Å². The monoisotopic (exact) mass is 344 g/mol. The van der Waals surface area contributed by atoms with Crippen LogP contribution in [0.3, 0.4) is 0 Å². The molecule has 2 aromatic carbocycles. The van der Waals surface area contributed by atoms with Gasteiger partial charge in [-0.3, -0.25) is 0 Å². The Balaban J connectivity index is 2.30. The maximum absolute atomic E-state index is 6.34. The normalized spacial score (nSPS) is 12.0. The molecule has 0 radical (unpaired) electrons. The Morgan fingerprint density at radius 2 is 1.64 bits per heavy atom. The Hall–Kier alpha value is -2.30. The van der Waals surface area contributed by atoms with Crippen molar-refractivity contribution >= 4 is 88.7 Å². The fourth-order valence-corrected chi connectivity index (χ4v) is 4.62. The van der Waals surface area contributed by atoms with Gasteiger partial charge in [-0.05, 0) is 10.3 Å². The minimum absolute atomic E-state index is 0.488. The second-order valence-electron chi connectivity index (χ2n) is 4.63. The Morgan fingerprint density at radius 1 is 0.955 bits per heavy atom. The molecular formula is C12H4N6OS3. The fourth-order valence-electron chi connectivity index (χ4n) is 2.74. The molecule has 0 fully saturated rings. The second-order valence-corrected chi connectivity index (χ2v) is 6.52. The number of anilines is 1. The Labute approximate surface area is 134 Å². The third-order valence-corrected chi connectivity index (χ3v) is 5.50. The van der Waals surface area contributed by atoms with E-state index in [0.717, 1.165) is 25.7 Å². The largest absolute Gasteiger partial charge is 0.396 e. The molecule has 3 heterocycles. The van der Waals surface area contributed by atoms with Crippen molar-refractivity contribution in [2.45, 2.75) is 0 Å². The van der Waals surface area contributed by atoms with E-state index < -0.39 is 0 Å². The zero-order valence-electron chi connectivity index (χ0n) is 10.6. The van der Waals surface area contributed by atoms with Gasteiger partial charge in [0.25, 0.3) is 0 Å². The van der Waals surface area contributed by atoms with Crippen LogP contribution in [0.5, 0.6) is 0 Å². The van der Waals surface area contributed by atoms with Crippen LogP contribution >= 0.6 is 22.7 Å². The predicted octanol–water partition coefficient (Wildman–Crippen LogP) is 3.54. The minimum atomic E-state index is 0.488. The van der Waals surface area contributed by atoms with Gasteiger partial charge in [0.2, 0.25) is 0 Å². The molecule has 0 unspecified atom stereocenters. The third-order valence-electron chi connectivity index (χ3n) is 3.63. The van der Waals surface area contributed by atoms with Crippen molar-refractivity contribution < 1.29 is 4.63 Å². The highest BCUT2D eigenvalue weighted by atomic mass is 32.1. The summed E-state index contributed by atoms with van der Waals surface area (Å²) in [6.45, 7) is 0. The van der Waals surface area contributed by atoms with E-state index >= 15 is 0 Å². The molecule has 0 spiro atoms. The van der Waals surface area contributed by atoms with Crippen molar-refractivity contribution in [3.63, 3.8) is 0 Å². The van der Waals surface area contributed by atoms with Crippen molar-refractivity contribution in [2.24, 2.45) is 4.36 Å². The third kappa shape index (κ3) is 1.30. The lowest BCUT2D eigenvalue weighted by atomic mass is 10.0. The van der Waals surface area contributed by atoms with Crippen LogP contribution in [-0.2, 0) is 12.4 Å².